The van der Waals surface area contributed by atoms with Crippen molar-refractivity contribution >= 4 is 23.4 Å². The molecule has 2 N–H and O–H groups in total. The molecule has 1 fully saturated rings. The highest BCUT2D eigenvalue weighted by molar-refractivity contribution is 6.30. The predicted molar refractivity (Wildman–Crippen MR) is 120 cm³/mol. The Kier molecular flexibility index (Phi) is 6.42. The summed E-state index contributed by atoms with van der Waals surface area (Å²) in [6, 6.07) is 14.7. The average Bonchev–Trinajstić information content (AvgIpc) is 2.65. The Morgan fingerprint density at radius 2 is 1.90 bits per heavy atom. The maximum absolute atomic E-state index is 11.7. The van der Waals surface area contributed by atoms with Crippen LogP contribution in [0.15, 0.2) is 42.5 Å². The van der Waals surface area contributed by atoms with E-state index in [0.29, 0.717) is 6.54 Å². The lowest BCUT2D eigenvalue weighted by Gasteiger charge is -2.45. The summed E-state index contributed by atoms with van der Waals surface area (Å²) in [4.78, 5) is 13.3. The number of piperidine rings is 1. The molecule has 0 aromatic heterocycles. The summed E-state index contributed by atoms with van der Waals surface area (Å²) in [6.07, 6.45) is 1.64. The van der Waals surface area contributed by atoms with E-state index in [0.717, 1.165) is 30.0 Å². The standard InChI is InChI=1S/C24H31ClN2O2/c1-16-5-10-21(18(13-16)14-17-6-8-19(25)9-7-17)26-20-11-12-27(23(28)29)22(15-20)24(2,3)4/h5-10,13,20,22,26H,11-12,14-15H2,1-4H3,(H,28,29). The number of hydrogen-bond acceptors (Lipinski definition) is 2. The van der Waals surface area contributed by atoms with Crippen LogP contribution in [0, 0.1) is 12.3 Å². The Bertz CT molecular complexity index is 858. The maximum atomic E-state index is 11.7. The van der Waals surface area contributed by atoms with Crippen molar-refractivity contribution in [1.82, 2.24) is 4.90 Å². The van der Waals surface area contributed by atoms with Crippen molar-refractivity contribution in [3.05, 3.63) is 64.2 Å². The summed E-state index contributed by atoms with van der Waals surface area (Å²) in [5.41, 5.74) is 4.73. The SMILES string of the molecule is Cc1ccc(NC2CCN(C(=O)O)C(C(C)(C)C)C2)c(Cc2ccc(Cl)cc2)c1. The number of rotatable bonds is 4. The van der Waals surface area contributed by atoms with Crippen LogP contribution in [0.5, 0.6) is 0 Å². The number of anilines is 1. The number of amides is 1. The molecular weight excluding hydrogens is 384 g/mol. The second kappa shape index (κ2) is 8.66. The molecular formula is C24H31ClN2O2. The van der Waals surface area contributed by atoms with Crippen LogP contribution in [0.2, 0.25) is 5.02 Å². The molecule has 2 aromatic rings. The van der Waals surface area contributed by atoms with E-state index in [9.17, 15) is 9.90 Å². The molecule has 2 aromatic carbocycles. The third kappa shape index (κ3) is 5.45. The summed E-state index contributed by atoms with van der Waals surface area (Å²) in [7, 11) is 0. The molecule has 0 saturated carbocycles. The first-order chi connectivity index (χ1) is 13.6. The molecule has 0 aliphatic carbocycles. The molecule has 0 radical (unpaired) electrons. The molecule has 4 nitrogen and oxygen atoms in total. The van der Waals surface area contributed by atoms with Crippen molar-refractivity contribution in [2.45, 2.75) is 59.0 Å². The molecule has 1 amide bonds. The summed E-state index contributed by atoms with van der Waals surface area (Å²) in [5.74, 6) is 0. The largest absolute Gasteiger partial charge is 0.465 e. The van der Waals surface area contributed by atoms with Crippen LogP contribution < -0.4 is 5.32 Å². The number of nitrogens with zero attached hydrogens (tertiary/aromatic N) is 1. The number of carbonyl (C=O) groups is 1. The second-order valence-electron chi connectivity index (χ2n) is 9.19. The van der Waals surface area contributed by atoms with Crippen molar-refractivity contribution < 1.29 is 9.90 Å². The van der Waals surface area contributed by atoms with E-state index in [4.69, 9.17) is 11.6 Å². The van der Waals surface area contributed by atoms with Gasteiger partial charge in [-0.05, 0) is 60.9 Å². The molecule has 3 rings (SSSR count). The van der Waals surface area contributed by atoms with Gasteiger partial charge < -0.3 is 15.3 Å². The van der Waals surface area contributed by atoms with Crippen LogP contribution in [0.4, 0.5) is 10.5 Å². The molecule has 0 spiro atoms. The number of hydrogen-bond donors (Lipinski definition) is 2. The Hall–Kier alpha value is -2.20. The van der Waals surface area contributed by atoms with Crippen LogP contribution in [0.25, 0.3) is 0 Å². The highest BCUT2D eigenvalue weighted by atomic mass is 35.5. The lowest BCUT2D eigenvalue weighted by Crippen LogP contribution is -2.54. The first kappa shape index (κ1) is 21.5. The molecule has 2 unspecified atom stereocenters. The lowest BCUT2D eigenvalue weighted by atomic mass is 9.79. The van der Waals surface area contributed by atoms with Gasteiger partial charge in [0.1, 0.15) is 0 Å². The Morgan fingerprint density at radius 1 is 1.21 bits per heavy atom. The van der Waals surface area contributed by atoms with Gasteiger partial charge in [0, 0.05) is 29.3 Å². The van der Waals surface area contributed by atoms with E-state index in [1.807, 2.05) is 12.1 Å². The van der Waals surface area contributed by atoms with Gasteiger partial charge in [0.15, 0.2) is 0 Å². The minimum Gasteiger partial charge on any atom is -0.465 e. The molecule has 1 heterocycles. The van der Waals surface area contributed by atoms with E-state index < -0.39 is 6.09 Å². The Labute approximate surface area is 178 Å². The first-order valence-corrected chi connectivity index (χ1v) is 10.6. The molecule has 1 aliphatic heterocycles. The zero-order valence-corrected chi connectivity index (χ0v) is 18.5. The number of nitrogens with one attached hydrogen (secondary N) is 1. The number of aryl methyl sites for hydroxylation is 1. The van der Waals surface area contributed by atoms with E-state index in [1.165, 1.54) is 16.7 Å². The minimum atomic E-state index is -0.817. The Balaban J connectivity index is 1.79. The van der Waals surface area contributed by atoms with E-state index in [1.54, 1.807) is 4.90 Å². The molecule has 1 saturated heterocycles. The minimum absolute atomic E-state index is 0.00332. The Morgan fingerprint density at radius 3 is 2.52 bits per heavy atom. The number of likely N-dealkylation sites (tertiary alicyclic amines) is 1. The summed E-state index contributed by atoms with van der Waals surface area (Å²) < 4.78 is 0. The second-order valence-corrected chi connectivity index (χ2v) is 9.62. The van der Waals surface area contributed by atoms with Gasteiger partial charge in [-0.2, -0.15) is 0 Å². The number of halogens is 1. The lowest BCUT2D eigenvalue weighted by molar-refractivity contribution is 0.0557. The van der Waals surface area contributed by atoms with Gasteiger partial charge in [-0.25, -0.2) is 4.79 Å². The zero-order chi connectivity index (χ0) is 21.2. The van der Waals surface area contributed by atoms with Gasteiger partial charge in [0.25, 0.3) is 0 Å². The fourth-order valence-corrected chi connectivity index (χ4v) is 4.32. The van der Waals surface area contributed by atoms with Crippen molar-refractivity contribution in [2.24, 2.45) is 5.41 Å². The monoisotopic (exact) mass is 414 g/mol. The number of carboxylic acid groups (broad SMARTS) is 1. The van der Waals surface area contributed by atoms with Crippen LogP contribution in [-0.2, 0) is 6.42 Å². The van der Waals surface area contributed by atoms with Crippen molar-refractivity contribution in [1.29, 1.82) is 0 Å². The smallest absolute Gasteiger partial charge is 0.407 e. The molecule has 1 aliphatic rings. The van der Waals surface area contributed by atoms with Gasteiger partial charge in [0.2, 0.25) is 0 Å². The van der Waals surface area contributed by atoms with E-state index in [-0.39, 0.29) is 17.5 Å². The normalized spacial score (nSPS) is 19.8. The van der Waals surface area contributed by atoms with Gasteiger partial charge in [0.05, 0.1) is 0 Å². The molecule has 29 heavy (non-hydrogen) atoms. The van der Waals surface area contributed by atoms with Gasteiger partial charge in [-0.15, -0.1) is 0 Å². The van der Waals surface area contributed by atoms with Crippen molar-refractivity contribution in [3.8, 4) is 0 Å². The summed E-state index contributed by atoms with van der Waals surface area (Å²) in [6.45, 7) is 9.03. The highest BCUT2D eigenvalue weighted by Gasteiger charge is 2.38. The van der Waals surface area contributed by atoms with E-state index in [2.05, 4.69) is 63.3 Å². The number of benzene rings is 2. The van der Waals surface area contributed by atoms with Crippen LogP contribution in [-0.4, -0.2) is 34.7 Å². The third-order valence-corrected chi connectivity index (χ3v) is 6.03. The third-order valence-electron chi connectivity index (χ3n) is 5.78. The van der Waals surface area contributed by atoms with Crippen LogP contribution >= 0.6 is 11.6 Å². The van der Waals surface area contributed by atoms with Gasteiger partial charge >= 0.3 is 6.09 Å². The first-order valence-electron chi connectivity index (χ1n) is 10.2. The average molecular weight is 415 g/mol. The van der Waals surface area contributed by atoms with E-state index >= 15 is 0 Å². The fraction of sp³-hybridized carbons (Fsp3) is 0.458. The fourth-order valence-electron chi connectivity index (χ4n) is 4.20. The summed E-state index contributed by atoms with van der Waals surface area (Å²) >= 11 is 6.03. The highest BCUT2D eigenvalue weighted by Crippen LogP contribution is 2.34. The quantitative estimate of drug-likeness (QED) is 0.625. The predicted octanol–water partition coefficient (Wildman–Crippen LogP) is 6.21. The van der Waals surface area contributed by atoms with Crippen LogP contribution in [0.3, 0.4) is 0 Å². The molecule has 156 valence electrons. The van der Waals surface area contributed by atoms with Crippen molar-refractivity contribution in [3.63, 3.8) is 0 Å². The summed E-state index contributed by atoms with van der Waals surface area (Å²) in [5, 5.41) is 14.1. The van der Waals surface area contributed by atoms with Gasteiger partial charge in [-0.1, -0.05) is 62.2 Å². The molecule has 2 atom stereocenters. The molecule has 5 heteroatoms. The van der Waals surface area contributed by atoms with Crippen molar-refractivity contribution in [2.75, 3.05) is 11.9 Å². The molecule has 0 bridgehead atoms. The zero-order valence-electron chi connectivity index (χ0n) is 17.7. The topological polar surface area (TPSA) is 52.6 Å². The maximum Gasteiger partial charge on any atom is 0.407 e. The van der Waals surface area contributed by atoms with Crippen LogP contribution in [0.1, 0.15) is 50.3 Å². The van der Waals surface area contributed by atoms with Gasteiger partial charge in [-0.3, -0.25) is 0 Å².